The van der Waals surface area contributed by atoms with E-state index in [4.69, 9.17) is 20.3 Å². The zero-order chi connectivity index (χ0) is 25.4. The molecule has 0 amide bonds. The number of ether oxygens (including phenoxy) is 1. The molecule has 1 aliphatic heterocycles. The van der Waals surface area contributed by atoms with Gasteiger partial charge in [-0.15, -0.1) is 5.92 Å². The van der Waals surface area contributed by atoms with Gasteiger partial charge in [0.25, 0.3) is 0 Å². The lowest BCUT2D eigenvalue weighted by molar-refractivity contribution is -0.0932. The van der Waals surface area contributed by atoms with Crippen LogP contribution in [0.25, 0.3) is 0 Å². The Morgan fingerprint density at radius 2 is 1.85 bits per heavy atom. The molecule has 3 unspecified atom stereocenters. The number of nitrogens with zero attached hydrogens (tertiary/aromatic N) is 3. The minimum absolute atomic E-state index is 0.266. The van der Waals surface area contributed by atoms with Crippen LogP contribution >= 0.6 is 23.5 Å². The van der Waals surface area contributed by atoms with Gasteiger partial charge in [0.2, 0.25) is 5.60 Å². The second-order valence-electron chi connectivity index (χ2n) is 6.41. The van der Waals surface area contributed by atoms with Gasteiger partial charge in [0.05, 0.1) is 12.3 Å². The van der Waals surface area contributed by atoms with E-state index in [0.29, 0.717) is 4.68 Å². The number of rotatable bonds is 8. The van der Waals surface area contributed by atoms with Gasteiger partial charge in [-0.2, -0.15) is 23.4 Å². The fourth-order valence-electron chi connectivity index (χ4n) is 2.76. The zero-order valence-corrected chi connectivity index (χ0v) is 19.3. The lowest BCUT2D eigenvalue weighted by atomic mass is 9.93. The molecule has 1 saturated heterocycles. The van der Waals surface area contributed by atoms with Gasteiger partial charge in [0.15, 0.2) is 6.23 Å². The normalized spacial score (nSPS) is 30.0. The monoisotopic (exact) mass is 536 g/mol. The SMILES string of the molecule is CC#CC1(O)[C@@H](O)[C@@H]([C@H](C)OP(=O)(O)OP(=O)(O)OP(=O)(O)O)O[C@H]1n1ncc(N)nc1=O. The predicted octanol–water partition coefficient (Wildman–Crippen LogP) is -2.04. The molecular formula is C12H19N4O14P3. The number of nitrogens with two attached hydrogens (primary N) is 1. The number of aliphatic hydroxyl groups is 2. The van der Waals surface area contributed by atoms with Crippen molar-refractivity contribution in [3.63, 3.8) is 0 Å². The summed E-state index contributed by atoms with van der Waals surface area (Å²) in [5, 5.41) is 25.1. The van der Waals surface area contributed by atoms with Crippen molar-refractivity contribution >= 4 is 29.3 Å². The topological polar surface area (TPSA) is 283 Å². The molecule has 0 aliphatic carbocycles. The van der Waals surface area contributed by atoms with Crippen molar-refractivity contribution in [3.8, 4) is 11.8 Å². The van der Waals surface area contributed by atoms with E-state index in [1.54, 1.807) is 0 Å². The Kier molecular flexibility index (Phi) is 8.06. The van der Waals surface area contributed by atoms with E-state index in [1.807, 2.05) is 0 Å². The van der Waals surface area contributed by atoms with Gasteiger partial charge in [-0.3, -0.25) is 4.52 Å². The van der Waals surface area contributed by atoms with Crippen molar-refractivity contribution in [1.82, 2.24) is 14.8 Å². The molecule has 8 N–H and O–H groups in total. The summed E-state index contributed by atoms with van der Waals surface area (Å²) >= 11 is 0. The van der Waals surface area contributed by atoms with Crippen molar-refractivity contribution in [2.24, 2.45) is 0 Å². The first-order chi connectivity index (χ1) is 14.9. The second kappa shape index (κ2) is 9.61. The third-order valence-corrected chi connectivity index (χ3v) is 7.81. The molecule has 1 aromatic heterocycles. The van der Waals surface area contributed by atoms with E-state index in [-0.39, 0.29) is 5.82 Å². The summed E-state index contributed by atoms with van der Waals surface area (Å²) in [6.07, 6.45) is -6.39. The third kappa shape index (κ3) is 6.75. The number of phosphoric acid groups is 3. The summed E-state index contributed by atoms with van der Waals surface area (Å²) in [4.78, 5) is 51.5. The standard InChI is InChI=1S/C12H19N4O14P3/c1-3-4-12(19)9(17)8(27-10(12)16-11(18)15-7(13)5-14-16)6(2)28-32(23,24)30-33(25,26)29-31(20,21)22/h5-6,8-10,17,19H,1-2H3,(H,23,24)(H,25,26)(H2,13,15,18)(H2,20,21,22)/t6-,8+,9-,10+,12?/m0/s1. The Bertz CT molecular complexity index is 1160. The van der Waals surface area contributed by atoms with Crippen molar-refractivity contribution in [1.29, 1.82) is 0 Å². The molecule has 0 aromatic carbocycles. The lowest BCUT2D eigenvalue weighted by Gasteiger charge is -2.26. The first-order valence-corrected chi connectivity index (χ1v) is 13.0. The van der Waals surface area contributed by atoms with E-state index in [9.17, 15) is 38.5 Å². The first kappa shape index (κ1) is 27.7. The highest BCUT2D eigenvalue weighted by atomic mass is 31.3. The van der Waals surface area contributed by atoms with Gasteiger partial charge in [0.1, 0.15) is 18.0 Å². The maximum Gasteiger partial charge on any atom is 0.490 e. The van der Waals surface area contributed by atoms with Gasteiger partial charge < -0.3 is 40.3 Å². The quantitative estimate of drug-likeness (QED) is 0.139. The molecule has 21 heteroatoms. The molecule has 33 heavy (non-hydrogen) atoms. The van der Waals surface area contributed by atoms with Crippen LogP contribution in [0.4, 0.5) is 5.82 Å². The van der Waals surface area contributed by atoms with Gasteiger partial charge in [0, 0.05) is 0 Å². The summed E-state index contributed by atoms with van der Waals surface area (Å²) < 4.78 is 51.8. The van der Waals surface area contributed by atoms with Crippen molar-refractivity contribution < 1.29 is 61.4 Å². The van der Waals surface area contributed by atoms with Crippen LogP contribution in [-0.2, 0) is 31.6 Å². The molecular weight excluding hydrogens is 517 g/mol. The Morgan fingerprint density at radius 3 is 2.36 bits per heavy atom. The molecule has 0 bridgehead atoms. The van der Waals surface area contributed by atoms with E-state index in [1.165, 1.54) is 6.92 Å². The largest absolute Gasteiger partial charge is 0.490 e. The highest BCUT2D eigenvalue weighted by Gasteiger charge is 2.59. The number of hydrogen-bond acceptors (Lipinski definition) is 13. The second-order valence-corrected chi connectivity index (χ2v) is 10.8. The molecule has 2 rings (SSSR count). The highest BCUT2D eigenvalue weighted by Crippen LogP contribution is 2.66. The molecule has 1 fully saturated rings. The van der Waals surface area contributed by atoms with E-state index in [2.05, 4.69) is 35.1 Å². The first-order valence-electron chi connectivity index (χ1n) is 8.44. The fourth-order valence-corrected chi connectivity index (χ4v) is 5.96. The van der Waals surface area contributed by atoms with Crippen LogP contribution in [-0.4, -0.2) is 68.5 Å². The Balaban J connectivity index is 2.31. The van der Waals surface area contributed by atoms with Crippen LogP contribution < -0.4 is 11.4 Å². The predicted molar refractivity (Wildman–Crippen MR) is 103 cm³/mol. The Labute approximate surface area is 184 Å². The molecule has 18 nitrogen and oxygen atoms in total. The van der Waals surface area contributed by atoms with Crippen molar-refractivity contribution in [2.75, 3.05) is 5.73 Å². The summed E-state index contributed by atoms with van der Waals surface area (Å²) in [7, 11) is -17.0. The van der Waals surface area contributed by atoms with Crippen LogP contribution in [0.1, 0.15) is 20.1 Å². The summed E-state index contributed by atoms with van der Waals surface area (Å²) in [6, 6.07) is 0. The van der Waals surface area contributed by atoms with Crippen LogP contribution in [0.15, 0.2) is 11.0 Å². The van der Waals surface area contributed by atoms with E-state index in [0.717, 1.165) is 13.1 Å². The van der Waals surface area contributed by atoms with Gasteiger partial charge in [-0.1, -0.05) is 5.92 Å². The van der Waals surface area contributed by atoms with Crippen LogP contribution in [0.5, 0.6) is 0 Å². The minimum atomic E-state index is -5.80. The number of aromatic nitrogens is 3. The van der Waals surface area contributed by atoms with E-state index >= 15 is 0 Å². The lowest BCUT2D eigenvalue weighted by Crippen LogP contribution is -2.49. The average Bonchev–Trinajstić information content (AvgIpc) is 2.83. The smallest absolute Gasteiger partial charge is 0.386 e. The summed E-state index contributed by atoms with van der Waals surface area (Å²) in [5.74, 6) is 4.28. The zero-order valence-electron chi connectivity index (χ0n) is 16.6. The molecule has 1 aromatic rings. The van der Waals surface area contributed by atoms with Crippen molar-refractivity contribution in [3.05, 3.63) is 16.7 Å². The molecule has 2 heterocycles. The molecule has 0 spiro atoms. The number of anilines is 1. The van der Waals surface area contributed by atoms with Gasteiger partial charge in [-0.25, -0.2) is 18.5 Å². The number of nitrogen functional groups attached to an aromatic ring is 1. The van der Waals surface area contributed by atoms with Crippen molar-refractivity contribution in [2.45, 2.75) is 44.0 Å². The maximum absolute atomic E-state index is 12.1. The average molecular weight is 536 g/mol. The molecule has 0 radical (unpaired) electrons. The van der Waals surface area contributed by atoms with E-state index < -0.39 is 59.3 Å². The van der Waals surface area contributed by atoms with Crippen LogP contribution in [0.2, 0.25) is 0 Å². The Morgan fingerprint density at radius 1 is 1.24 bits per heavy atom. The van der Waals surface area contributed by atoms with Crippen LogP contribution in [0.3, 0.4) is 0 Å². The number of phosphoric ester groups is 1. The molecule has 186 valence electrons. The molecule has 1 aliphatic rings. The number of aliphatic hydroxyl groups excluding tert-OH is 1. The van der Waals surface area contributed by atoms with Crippen LogP contribution in [0, 0.1) is 11.8 Å². The third-order valence-electron chi connectivity index (χ3n) is 3.89. The Hall–Kier alpha value is -1.54. The minimum Gasteiger partial charge on any atom is -0.386 e. The maximum atomic E-state index is 12.1. The summed E-state index contributed by atoms with van der Waals surface area (Å²) in [5.41, 5.74) is 1.72. The number of hydrogen-bond donors (Lipinski definition) is 7. The summed E-state index contributed by atoms with van der Waals surface area (Å²) in [6.45, 7) is 2.27. The molecule has 0 saturated carbocycles. The van der Waals surface area contributed by atoms with Gasteiger partial charge >= 0.3 is 29.2 Å². The molecule has 7 atom stereocenters. The fraction of sp³-hybridized carbons (Fsp3) is 0.583. The highest BCUT2D eigenvalue weighted by molar-refractivity contribution is 7.66. The van der Waals surface area contributed by atoms with Gasteiger partial charge in [-0.05, 0) is 13.8 Å².